The van der Waals surface area contributed by atoms with Crippen molar-refractivity contribution in [1.82, 2.24) is 19.6 Å². The van der Waals surface area contributed by atoms with Gasteiger partial charge in [0.15, 0.2) is 11.6 Å². The fourth-order valence-electron chi connectivity index (χ4n) is 3.97. The van der Waals surface area contributed by atoms with Gasteiger partial charge >= 0.3 is 6.18 Å². The Morgan fingerprint density at radius 3 is 2.64 bits per heavy atom. The number of rotatable bonds is 4. The van der Waals surface area contributed by atoms with E-state index in [1.165, 1.54) is 54.1 Å². The summed E-state index contributed by atoms with van der Waals surface area (Å²) in [4.78, 5) is 17.4. The maximum Gasteiger partial charge on any atom is 0.419 e. The van der Waals surface area contributed by atoms with Gasteiger partial charge in [0.25, 0.3) is 0 Å². The minimum absolute atomic E-state index is 0.0757. The molecule has 1 saturated carbocycles. The number of hydrogen-bond acceptors (Lipinski definition) is 4. The number of alkyl halides is 4. The van der Waals surface area contributed by atoms with Crippen molar-refractivity contribution in [2.24, 2.45) is 5.92 Å². The van der Waals surface area contributed by atoms with Crippen LogP contribution in [-0.2, 0) is 11.0 Å². The number of imidazole rings is 1. The Balaban J connectivity index is 1.67. The van der Waals surface area contributed by atoms with Crippen LogP contribution in [0.15, 0.2) is 30.7 Å². The summed E-state index contributed by atoms with van der Waals surface area (Å²) >= 11 is 0. The molecule has 2 N–H and O–H groups in total. The van der Waals surface area contributed by atoms with Gasteiger partial charge in [0.2, 0.25) is 5.91 Å². The zero-order valence-corrected chi connectivity index (χ0v) is 17.3. The first kappa shape index (κ1) is 21.2. The van der Waals surface area contributed by atoms with E-state index in [4.69, 9.17) is 0 Å². The molecule has 1 fully saturated rings. The van der Waals surface area contributed by atoms with E-state index in [0.717, 1.165) is 0 Å². The summed E-state index contributed by atoms with van der Waals surface area (Å²) in [5.74, 6) is -2.50. The van der Waals surface area contributed by atoms with E-state index in [1.54, 1.807) is 0 Å². The zero-order valence-electron chi connectivity index (χ0n) is 17.3. The number of nitrogens with one attached hydrogen (secondary N) is 2. The number of carbonyl (C=O) groups is 1. The number of halogens is 5. The molecule has 1 aliphatic carbocycles. The highest BCUT2D eigenvalue weighted by Crippen LogP contribution is 2.46. The van der Waals surface area contributed by atoms with Gasteiger partial charge in [-0.15, -0.1) is 0 Å². The number of anilines is 2. The molecule has 0 unspecified atom stereocenters. The molecule has 7 nitrogen and oxygen atoms in total. The van der Waals surface area contributed by atoms with E-state index < -0.39 is 35.6 Å². The molecule has 4 aromatic rings. The highest BCUT2D eigenvalue weighted by atomic mass is 19.4. The molecule has 0 spiro atoms. The van der Waals surface area contributed by atoms with Crippen LogP contribution in [0.3, 0.4) is 0 Å². The van der Waals surface area contributed by atoms with Crippen molar-refractivity contribution < 1.29 is 26.7 Å². The third-order valence-electron chi connectivity index (χ3n) is 5.59. The monoisotopic (exact) mass is 464 g/mol. The third kappa shape index (κ3) is 3.45. The summed E-state index contributed by atoms with van der Waals surface area (Å²) in [6, 6.07) is 2.84. The van der Waals surface area contributed by atoms with Crippen molar-refractivity contribution in [2.75, 3.05) is 24.3 Å². The molecule has 12 heteroatoms. The molecule has 1 amide bonds. The second-order valence-corrected chi connectivity index (χ2v) is 8.12. The Morgan fingerprint density at radius 1 is 1.27 bits per heavy atom. The Bertz CT molecular complexity index is 1410. The minimum Gasteiger partial charge on any atom is -0.374 e. The molecule has 172 valence electrons. The van der Waals surface area contributed by atoms with Crippen LogP contribution in [0.2, 0.25) is 0 Å². The highest BCUT2D eigenvalue weighted by Gasteiger charge is 2.44. The summed E-state index contributed by atoms with van der Waals surface area (Å²) in [6.45, 7) is 0. The van der Waals surface area contributed by atoms with Crippen LogP contribution in [0, 0.1) is 11.7 Å². The van der Waals surface area contributed by atoms with Gasteiger partial charge < -0.3 is 14.6 Å². The average molecular weight is 464 g/mol. The lowest BCUT2D eigenvalue weighted by atomic mass is 9.95. The third-order valence-corrected chi connectivity index (χ3v) is 5.59. The molecule has 0 bridgehead atoms. The van der Waals surface area contributed by atoms with Crippen LogP contribution in [0.25, 0.3) is 27.7 Å². The minimum atomic E-state index is -4.98. The number of H-pyrrole nitrogens is 1. The number of nitrogens with zero attached hydrogens (tertiary/aromatic N) is 4. The maximum atomic E-state index is 15.2. The summed E-state index contributed by atoms with van der Waals surface area (Å²) in [6.07, 6.45) is -2.02. The second-order valence-electron chi connectivity index (χ2n) is 8.12. The van der Waals surface area contributed by atoms with Crippen molar-refractivity contribution in [1.29, 1.82) is 0 Å². The first-order chi connectivity index (χ1) is 15.6. The molecule has 3 aromatic heterocycles. The molecule has 5 rings (SSSR count). The Hall–Kier alpha value is -3.70. The molecule has 33 heavy (non-hydrogen) atoms. The summed E-state index contributed by atoms with van der Waals surface area (Å²) < 4.78 is 71.9. The lowest BCUT2D eigenvalue weighted by molar-refractivity contribution is -0.139. The van der Waals surface area contributed by atoms with Gasteiger partial charge in [-0.05, 0) is 24.1 Å². The molecular weight excluding hydrogens is 447 g/mol. The van der Waals surface area contributed by atoms with Crippen LogP contribution >= 0.6 is 0 Å². The van der Waals surface area contributed by atoms with Crippen molar-refractivity contribution in [3.63, 3.8) is 0 Å². The van der Waals surface area contributed by atoms with Crippen LogP contribution in [0.4, 0.5) is 33.5 Å². The maximum absolute atomic E-state index is 15.2. The van der Waals surface area contributed by atoms with E-state index in [1.807, 2.05) is 0 Å². The van der Waals surface area contributed by atoms with Gasteiger partial charge in [0.1, 0.15) is 17.4 Å². The van der Waals surface area contributed by atoms with Crippen molar-refractivity contribution in [3.8, 4) is 11.1 Å². The number of aromatic nitrogens is 4. The van der Waals surface area contributed by atoms with E-state index in [0.29, 0.717) is 5.65 Å². The van der Waals surface area contributed by atoms with Crippen LogP contribution in [-0.4, -0.2) is 45.8 Å². The van der Waals surface area contributed by atoms with Gasteiger partial charge in [-0.2, -0.15) is 18.3 Å². The number of amides is 1. The average Bonchev–Trinajstić information content (AvgIpc) is 3.10. The molecule has 0 saturated heterocycles. The van der Waals surface area contributed by atoms with Gasteiger partial charge in [0, 0.05) is 31.2 Å². The smallest absolute Gasteiger partial charge is 0.374 e. The standard InChI is InChI=1S/C21H17F5N6O/c1-31(2)19-17(23)16(21(24,25)26)15(11-6-27-30-18(11)19)9-3-4-14-28-13(8-32(14)7-9)29-20(33)10-5-12(10)22/h3-4,6-8,10,12H,5H2,1-2H3,(H,27,30)(H,29,33)/t10-,12+/m1/s1. The number of pyridine rings is 1. The molecule has 3 heterocycles. The van der Waals surface area contributed by atoms with Crippen LogP contribution in [0.5, 0.6) is 0 Å². The van der Waals surface area contributed by atoms with Crippen LogP contribution in [0.1, 0.15) is 12.0 Å². The Morgan fingerprint density at radius 2 is 2.00 bits per heavy atom. The van der Waals surface area contributed by atoms with E-state index in [9.17, 15) is 22.4 Å². The quantitative estimate of drug-likeness (QED) is 0.439. The van der Waals surface area contributed by atoms with E-state index in [-0.39, 0.29) is 40.0 Å². The van der Waals surface area contributed by atoms with E-state index >= 15 is 4.39 Å². The normalized spacial score (nSPS) is 18.2. The van der Waals surface area contributed by atoms with Gasteiger partial charge in [0.05, 0.1) is 29.5 Å². The lowest BCUT2D eigenvalue weighted by Crippen LogP contribution is -2.17. The van der Waals surface area contributed by atoms with Crippen molar-refractivity contribution >= 4 is 34.0 Å². The predicted molar refractivity (Wildman–Crippen MR) is 111 cm³/mol. The molecule has 2 atom stereocenters. The topological polar surface area (TPSA) is 78.3 Å². The SMILES string of the molecule is CN(C)c1c(F)c(C(F)(F)F)c(-c2ccc3nc(NC(=O)[C@@H]4C[C@@H]4F)cn3c2)c2cn[nH]c12. The Kier molecular flexibility index (Phi) is 4.59. The fraction of sp³-hybridized carbons (Fsp3) is 0.286. The number of benzene rings is 1. The molecule has 1 aromatic carbocycles. The van der Waals surface area contributed by atoms with Crippen molar-refractivity contribution in [3.05, 3.63) is 42.1 Å². The second kappa shape index (κ2) is 7.15. The van der Waals surface area contributed by atoms with Gasteiger partial charge in [-0.3, -0.25) is 9.89 Å². The Labute approximate surface area is 183 Å². The highest BCUT2D eigenvalue weighted by molar-refractivity contribution is 6.03. The molecule has 1 aliphatic rings. The summed E-state index contributed by atoms with van der Waals surface area (Å²) in [5.41, 5.74) is -1.48. The zero-order chi connectivity index (χ0) is 23.7. The molecular formula is C21H17F5N6O. The van der Waals surface area contributed by atoms with E-state index in [2.05, 4.69) is 20.5 Å². The number of carbonyl (C=O) groups excluding carboxylic acids is 1. The largest absolute Gasteiger partial charge is 0.419 e. The first-order valence-electron chi connectivity index (χ1n) is 9.93. The number of aromatic amines is 1. The number of hydrogen-bond donors (Lipinski definition) is 2. The van der Waals surface area contributed by atoms with Crippen molar-refractivity contribution in [2.45, 2.75) is 18.8 Å². The molecule has 0 radical (unpaired) electrons. The molecule has 0 aliphatic heterocycles. The first-order valence-corrected chi connectivity index (χ1v) is 9.93. The summed E-state index contributed by atoms with van der Waals surface area (Å²) in [7, 11) is 2.89. The van der Waals surface area contributed by atoms with Crippen LogP contribution < -0.4 is 10.2 Å². The van der Waals surface area contributed by atoms with Gasteiger partial charge in [-0.25, -0.2) is 13.8 Å². The number of fused-ring (bicyclic) bond motifs is 2. The van der Waals surface area contributed by atoms with Gasteiger partial charge in [-0.1, -0.05) is 0 Å². The lowest BCUT2D eigenvalue weighted by Gasteiger charge is -2.21. The fourth-order valence-corrected chi connectivity index (χ4v) is 3.97. The predicted octanol–water partition coefficient (Wildman–Crippen LogP) is 4.40. The summed E-state index contributed by atoms with van der Waals surface area (Å²) in [5, 5.41) is 9.03.